The Hall–Kier alpha value is -1.22. The van der Waals surface area contributed by atoms with Gasteiger partial charge in [0.1, 0.15) is 0 Å². The highest BCUT2D eigenvalue weighted by atomic mass is 35.5. The third-order valence-corrected chi connectivity index (χ3v) is 2.75. The Morgan fingerprint density at radius 3 is 2.59 bits per heavy atom. The van der Waals surface area contributed by atoms with Crippen LogP contribution in [0.25, 0.3) is 0 Å². The van der Waals surface area contributed by atoms with E-state index in [0.717, 1.165) is 6.42 Å². The van der Waals surface area contributed by atoms with Gasteiger partial charge in [-0.05, 0) is 37.5 Å². The highest BCUT2D eigenvalue weighted by molar-refractivity contribution is 6.34. The third kappa shape index (κ3) is 4.27. The molecule has 1 rings (SSSR count). The molecule has 17 heavy (non-hydrogen) atoms. The number of carbonyl (C=O) groups excluding carboxylic acids is 1. The van der Waals surface area contributed by atoms with Crippen molar-refractivity contribution in [1.29, 1.82) is 0 Å². The minimum atomic E-state index is -0.150. The molecule has 0 heterocycles. The molecule has 1 aromatic carbocycles. The number of nitrogen functional groups attached to an aromatic ring is 1. The summed E-state index contributed by atoms with van der Waals surface area (Å²) < 4.78 is 0. The summed E-state index contributed by atoms with van der Waals surface area (Å²) >= 11 is 5.97. The van der Waals surface area contributed by atoms with Crippen molar-refractivity contribution >= 4 is 23.2 Å². The maximum absolute atomic E-state index is 11.9. The summed E-state index contributed by atoms with van der Waals surface area (Å²) in [5, 5.41) is 3.31. The number of benzene rings is 1. The topological polar surface area (TPSA) is 55.1 Å². The van der Waals surface area contributed by atoms with Crippen LogP contribution in [0.1, 0.15) is 37.6 Å². The first-order valence-electron chi connectivity index (χ1n) is 5.76. The molecule has 0 aliphatic carbocycles. The predicted molar refractivity (Wildman–Crippen MR) is 72.2 cm³/mol. The highest BCUT2D eigenvalue weighted by Crippen LogP contribution is 2.19. The van der Waals surface area contributed by atoms with E-state index in [2.05, 4.69) is 19.2 Å². The third-order valence-electron chi connectivity index (χ3n) is 2.44. The van der Waals surface area contributed by atoms with Crippen LogP contribution in [-0.4, -0.2) is 11.9 Å². The van der Waals surface area contributed by atoms with Gasteiger partial charge in [-0.1, -0.05) is 25.4 Å². The van der Waals surface area contributed by atoms with E-state index in [1.165, 1.54) is 0 Å². The zero-order valence-electron chi connectivity index (χ0n) is 10.5. The second-order valence-electron chi connectivity index (χ2n) is 4.74. The van der Waals surface area contributed by atoms with E-state index in [9.17, 15) is 4.79 Å². The zero-order chi connectivity index (χ0) is 13.0. The van der Waals surface area contributed by atoms with Crippen LogP contribution in [-0.2, 0) is 0 Å². The van der Waals surface area contributed by atoms with Crippen LogP contribution in [0.4, 0.5) is 5.69 Å². The van der Waals surface area contributed by atoms with Crippen LogP contribution >= 0.6 is 11.6 Å². The first kappa shape index (κ1) is 13.8. The first-order chi connectivity index (χ1) is 7.90. The van der Waals surface area contributed by atoms with E-state index < -0.39 is 0 Å². The van der Waals surface area contributed by atoms with Gasteiger partial charge < -0.3 is 11.1 Å². The van der Waals surface area contributed by atoms with Gasteiger partial charge in [0.2, 0.25) is 0 Å². The molecule has 0 saturated carbocycles. The van der Waals surface area contributed by atoms with Gasteiger partial charge in [-0.15, -0.1) is 0 Å². The molecule has 3 nitrogen and oxygen atoms in total. The molecule has 0 fully saturated rings. The number of halogens is 1. The molecule has 0 radical (unpaired) electrons. The van der Waals surface area contributed by atoms with E-state index >= 15 is 0 Å². The maximum Gasteiger partial charge on any atom is 0.253 e. The van der Waals surface area contributed by atoms with Gasteiger partial charge in [0, 0.05) is 11.7 Å². The average Bonchev–Trinajstić information content (AvgIpc) is 2.15. The van der Waals surface area contributed by atoms with E-state index in [4.69, 9.17) is 17.3 Å². The molecule has 0 saturated heterocycles. The van der Waals surface area contributed by atoms with Crippen LogP contribution in [0.5, 0.6) is 0 Å². The molecule has 0 aromatic heterocycles. The Morgan fingerprint density at radius 1 is 1.41 bits per heavy atom. The largest absolute Gasteiger partial charge is 0.399 e. The lowest BCUT2D eigenvalue weighted by Crippen LogP contribution is -2.33. The fourth-order valence-electron chi connectivity index (χ4n) is 1.78. The van der Waals surface area contributed by atoms with Gasteiger partial charge in [-0.3, -0.25) is 4.79 Å². The molecule has 3 N–H and O–H groups in total. The lowest BCUT2D eigenvalue weighted by molar-refractivity contribution is 0.0936. The van der Waals surface area contributed by atoms with Crippen molar-refractivity contribution in [3.63, 3.8) is 0 Å². The van der Waals surface area contributed by atoms with Crippen molar-refractivity contribution in [2.45, 2.75) is 33.2 Å². The number of carbonyl (C=O) groups is 1. The summed E-state index contributed by atoms with van der Waals surface area (Å²) in [4.78, 5) is 11.9. The standard InChI is InChI=1S/C13H19ClN2O/c1-8(2)6-9(3)16-13(17)11-5-4-10(15)7-12(11)14/h4-5,7-9H,6,15H2,1-3H3,(H,16,17). The predicted octanol–water partition coefficient (Wildman–Crippen LogP) is 3.09. The molecule has 0 bridgehead atoms. The average molecular weight is 255 g/mol. The molecule has 1 unspecified atom stereocenters. The summed E-state index contributed by atoms with van der Waals surface area (Å²) in [6.07, 6.45) is 0.943. The second-order valence-corrected chi connectivity index (χ2v) is 5.15. The quantitative estimate of drug-likeness (QED) is 0.812. The molecule has 0 spiro atoms. The molecule has 1 aromatic rings. The smallest absolute Gasteiger partial charge is 0.253 e. The Balaban J connectivity index is 2.70. The second kappa shape index (κ2) is 5.92. The fourth-order valence-corrected chi connectivity index (χ4v) is 2.06. The van der Waals surface area contributed by atoms with Crippen molar-refractivity contribution in [3.8, 4) is 0 Å². The normalized spacial score (nSPS) is 12.5. The van der Waals surface area contributed by atoms with Gasteiger partial charge in [0.05, 0.1) is 10.6 Å². The molecule has 0 aliphatic rings. The lowest BCUT2D eigenvalue weighted by atomic mass is 10.0. The summed E-state index contributed by atoms with van der Waals surface area (Å²) in [6.45, 7) is 6.24. The Kier molecular flexibility index (Phi) is 4.82. The maximum atomic E-state index is 11.9. The minimum Gasteiger partial charge on any atom is -0.399 e. The van der Waals surface area contributed by atoms with Crippen molar-refractivity contribution in [3.05, 3.63) is 28.8 Å². The molecule has 0 aliphatic heterocycles. The number of nitrogens with one attached hydrogen (secondary N) is 1. The summed E-state index contributed by atoms with van der Waals surface area (Å²) in [7, 11) is 0. The van der Waals surface area contributed by atoms with Crippen molar-refractivity contribution < 1.29 is 4.79 Å². The van der Waals surface area contributed by atoms with E-state index in [1.807, 2.05) is 6.92 Å². The van der Waals surface area contributed by atoms with E-state index in [-0.39, 0.29) is 11.9 Å². The number of nitrogens with two attached hydrogens (primary N) is 1. The summed E-state index contributed by atoms with van der Waals surface area (Å²) in [5.41, 5.74) is 6.60. The molecule has 94 valence electrons. The Labute approximate surface area is 107 Å². The van der Waals surface area contributed by atoms with Crippen molar-refractivity contribution in [2.24, 2.45) is 5.92 Å². The van der Waals surface area contributed by atoms with Crippen LogP contribution in [0.2, 0.25) is 5.02 Å². The van der Waals surface area contributed by atoms with Crippen LogP contribution in [0, 0.1) is 5.92 Å². The Morgan fingerprint density at radius 2 is 2.06 bits per heavy atom. The molecule has 4 heteroatoms. The van der Waals surface area contributed by atoms with Gasteiger partial charge in [-0.2, -0.15) is 0 Å². The molecule has 1 amide bonds. The van der Waals surface area contributed by atoms with Crippen LogP contribution < -0.4 is 11.1 Å². The van der Waals surface area contributed by atoms with Crippen LogP contribution in [0.3, 0.4) is 0 Å². The van der Waals surface area contributed by atoms with Gasteiger partial charge in [-0.25, -0.2) is 0 Å². The summed E-state index contributed by atoms with van der Waals surface area (Å²) in [6, 6.07) is 5.04. The number of hydrogen-bond acceptors (Lipinski definition) is 2. The van der Waals surface area contributed by atoms with E-state index in [0.29, 0.717) is 22.2 Å². The number of hydrogen-bond donors (Lipinski definition) is 2. The SMILES string of the molecule is CC(C)CC(C)NC(=O)c1ccc(N)cc1Cl. The van der Waals surface area contributed by atoms with Crippen molar-refractivity contribution in [1.82, 2.24) is 5.32 Å². The zero-order valence-corrected chi connectivity index (χ0v) is 11.2. The number of anilines is 1. The fraction of sp³-hybridized carbons (Fsp3) is 0.462. The van der Waals surface area contributed by atoms with Crippen LogP contribution in [0.15, 0.2) is 18.2 Å². The molecular weight excluding hydrogens is 236 g/mol. The summed E-state index contributed by atoms with van der Waals surface area (Å²) in [5.74, 6) is 0.398. The molecule has 1 atom stereocenters. The van der Waals surface area contributed by atoms with Gasteiger partial charge in [0.25, 0.3) is 5.91 Å². The molecular formula is C13H19ClN2O. The number of amides is 1. The van der Waals surface area contributed by atoms with E-state index in [1.54, 1.807) is 18.2 Å². The first-order valence-corrected chi connectivity index (χ1v) is 6.14. The van der Waals surface area contributed by atoms with Crippen molar-refractivity contribution in [2.75, 3.05) is 5.73 Å². The van der Waals surface area contributed by atoms with Gasteiger partial charge >= 0.3 is 0 Å². The highest BCUT2D eigenvalue weighted by Gasteiger charge is 2.13. The minimum absolute atomic E-state index is 0.135. The van der Waals surface area contributed by atoms with Gasteiger partial charge in [0.15, 0.2) is 0 Å². The lowest BCUT2D eigenvalue weighted by Gasteiger charge is -2.16. The Bertz CT molecular complexity index is 404. The monoisotopic (exact) mass is 254 g/mol. The number of rotatable bonds is 4.